The van der Waals surface area contributed by atoms with Crippen molar-refractivity contribution in [3.8, 4) is 0 Å². The minimum Gasteiger partial charge on any atom is -0.409 e. The number of halogens is 6. The van der Waals surface area contributed by atoms with Crippen LogP contribution in [-0.4, -0.2) is 29.5 Å². The van der Waals surface area contributed by atoms with Gasteiger partial charge in [-0.1, -0.05) is 29.4 Å². The van der Waals surface area contributed by atoms with E-state index in [1.165, 1.54) is 24.3 Å². The lowest BCUT2D eigenvalue weighted by Gasteiger charge is -2.23. The van der Waals surface area contributed by atoms with Crippen LogP contribution >= 0.6 is 0 Å². The molecule has 0 saturated carbocycles. The lowest BCUT2D eigenvalue weighted by molar-refractivity contribution is -0.324. The molecule has 1 aromatic carbocycles. The van der Waals surface area contributed by atoms with Crippen molar-refractivity contribution in [2.45, 2.75) is 25.1 Å². The summed E-state index contributed by atoms with van der Waals surface area (Å²) in [6.07, 6.45) is -15.1. The lowest BCUT2D eigenvalue weighted by atomic mass is 10.1. The molecule has 1 rings (SSSR count). The lowest BCUT2D eigenvalue weighted by Crippen LogP contribution is -2.44. The van der Waals surface area contributed by atoms with Crippen molar-refractivity contribution in [3.63, 3.8) is 0 Å². The molecule has 118 valence electrons. The summed E-state index contributed by atoms with van der Waals surface area (Å²) in [6.45, 7) is -1.00. The first-order chi connectivity index (χ1) is 9.57. The Morgan fingerprint density at radius 1 is 1.14 bits per heavy atom. The molecule has 0 saturated heterocycles. The van der Waals surface area contributed by atoms with Crippen LogP contribution in [-0.2, 0) is 11.3 Å². The number of hydrogen-bond donors (Lipinski definition) is 2. The van der Waals surface area contributed by atoms with Gasteiger partial charge < -0.3 is 15.7 Å². The fourth-order valence-electron chi connectivity index (χ4n) is 1.50. The Hall–Kier alpha value is -1.97. The second-order valence-corrected chi connectivity index (χ2v) is 3.92. The van der Waals surface area contributed by atoms with E-state index in [-0.39, 0.29) is 11.1 Å². The average Bonchev–Trinajstić information content (AvgIpc) is 2.35. The van der Waals surface area contributed by atoms with Gasteiger partial charge in [-0.3, -0.25) is 0 Å². The van der Waals surface area contributed by atoms with Gasteiger partial charge in [0.25, 0.3) is 0 Å². The van der Waals surface area contributed by atoms with Gasteiger partial charge in [-0.15, -0.1) is 0 Å². The molecular formula is C11H10F6N2O2. The molecule has 0 fully saturated rings. The van der Waals surface area contributed by atoms with Crippen molar-refractivity contribution < 1.29 is 36.3 Å². The van der Waals surface area contributed by atoms with Crippen molar-refractivity contribution in [2.24, 2.45) is 10.9 Å². The molecule has 0 aromatic heterocycles. The van der Waals surface area contributed by atoms with Crippen molar-refractivity contribution in [2.75, 3.05) is 0 Å². The molecule has 0 atom stereocenters. The van der Waals surface area contributed by atoms with Crippen molar-refractivity contribution in [1.82, 2.24) is 0 Å². The molecule has 0 spiro atoms. The number of hydrogen-bond acceptors (Lipinski definition) is 3. The molecule has 3 N–H and O–H groups in total. The predicted molar refractivity (Wildman–Crippen MR) is 59.6 cm³/mol. The van der Waals surface area contributed by atoms with Crippen LogP contribution in [0.25, 0.3) is 0 Å². The van der Waals surface area contributed by atoms with Gasteiger partial charge in [0, 0.05) is 5.56 Å². The number of ether oxygens (including phenoxy) is 1. The molecule has 1 aromatic rings. The molecule has 0 amide bonds. The van der Waals surface area contributed by atoms with Crippen molar-refractivity contribution in [1.29, 1.82) is 0 Å². The van der Waals surface area contributed by atoms with E-state index in [4.69, 9.17) is 10.9 Å². The van der Waals surface area contributed by atoms with E-state index in [9.17, 15) is 26.3 Å². The second-order valence-electron chi connectivity index (χ2n) is 3.92. The van der Waals surface area contributed by atoms with Crippen molar-refractivity contribution in [3.05, 3.63) is 35.4 Å². The van der Waals surface area contributed by atoms with Crippen LogP contribution in [0, 0.1) is 0 Å². The van der Waals surface area contributed by atoms with Gasteiger partial charge in [0.1, 0.15) is 0 Å². The quantitative estimate of drug-likeness (QED) is 0.295. The normalized spacial score (nSPS) is 13.8. The summed E-state index contributed by atoms with van der Waals surface area (Å²) in [5.74, 6) is -0.454. The van der Waals surface area contributed by atoms with Crippen LogP contribution < -0.4 is 5.73 Å². The highest BCUT2D eigenvalue weighted by Crippen LogP contribution is 2.36. The van der Waals surface area contributed by atoms with Crippen LogP contribution in [0.1, 0.15) is 11.1 Å². The summed E-state index contributed by atoms with van der Waals surface area (Å²) in [7, 11) is 0. The summed E-state index contributed by atoms with van der Waals surface area (Å²) in [5.41, 5.74) is 5.17. The van der Waals surface area contributed by atoms with E-state index in [2.05, 4.69) is 9.89 Å². The maximum atomic E-state index is 12.3. The Bertz CT molecular complexity index is 498. The Kier molecular flexibility index (Phi) is 5.05. The molecule has 0 aliphatic heterocycles. The molecule has 0 radical (unpaired) electrons. The summed E-state index contributed by atoms with van der Waals surface area (Å²) >= 11 is 0. The van der Waals surface area contributed by atoms with Gasteiger partial charge in [-0.25, -0.2) is 0 Å². The van der Waals surface area contributed by atoms with Crippen LogP contribution in [0.3, 0.4) is 0 Å². The van der Waals surface area contributed by atoms with E-state index in [1.54, 1.807) is 0 Å². The summed E-state index contributed by atoms with van der Waals surface area (Å²) in [6, 6.07) is 5.26. The van der Waals surface area contributed by atoms with Gasteiger partial charge in [0.2, 0.25) is 6.10 Å². The topological polar surface area (TPSA) is 67.8 Å². The fourth-order valence-corrected chi connectivity index (χ4v) is 1.50. The van der Waals surface area contributed by atoms with E-state index < -0.39 is 30.9 Å². The summed E-state index contributed by atoms with van der Waals surface area (Å²) in [4.78, 5) is 0. The Morgan fingerprint density at radius 2 is 1.67 bits per heavy atom. The van der Waals surface area contributed by atoms with E-state index in [1.807, 2.05) is 0 Å². The van der Waals surface area contributed by atoms with E-state index in [0.29, 0.717) is 0 Å². The molecule has 0 aliphatic rings. The average molecular weight is 316 g/mol. The number of nitrogens with zero attached hydrogens (tertiary/aromatic N) is 1. The number of alkyl halides is 6. The van der Waals surface area contributed by atoms with Gasteiger partial charge in [0.15, 0.2) is 5.84 Å². The monoisotopic (exact) mass is 316 g/mol. The third-order valence-corrected chi connectivity index (χ3v) is 2.40. The predicted octanol–water partition coefficient (Wildman–Crippen LogP) is 2.79. The molecule has 21 heavy (non-hydrogen) atoms. The molecule has 0 aliphatic carbocycles. The first-order valence-corrected chi connectivity index (χ1v) is 5.38. The molecular weight excluding hydrogens is 306 g/mol. The third kappa shape index (κ3) is 4.52. The van der Waals surface area contributed by atoms with Crippen LogP contribution in [0.2, 0.25) is 0 Å². The standard InChI is InChI=1S/C11H10F6N2O2/c12-10(13,14)9(11(15,16)17)21-5-6-3-1-2-4-7(6)8(18)19-20/h1-4,9,20H,5H2,(H2,18,19). The Labute approximate surface area is 114 Å². The minimum absolute atomic E-state index is 0.0249. The first-order valence-electron chi connectivity index (χ1n) is 5.38. The minimum atomic E-state index is -5.59. The summed E-state index contributed by atoms with van der Waals surface area (Å²) < 4.78 is 77.8. The van der Waals surface area contributed by atoms with Gasteiger partial charge in [-0.2, -0.15) is 26.3 Å². The molecule has 4 nitrogen and oxygen atoms in total. The zero-order valence-corrected chi connectivity index (χ0v) is 10.2. The first kappa shape index (κ1) is 17.1. The fraction of sp³-hybridized carbons (Fsp3) is 0.364. The highest BCUT2D eigenvalue weighted by Gasteiger charge is 2.57. The van der Waals surface area contributed by atoms with E-state index in [0.717, 1.165) is 0 Å². The second kappa shape index (κ2) is 6.20. The zero-order chi connectivity index (χ0) is 16.3. The summed E-state index contributed by atoms with van der Waals surface area (Å²) in [5, 5.41) is 11.1. The SMILES string of the molecule is N/C(=N/O)c1ccccc1COC(C(F)(F)F)C(F)(F)F. The van der Waals surface area contributed by atoms with Gasteiger partial charge >= 0.3 is 12.4 Å². The third-order valence-electron chi connectivity index (χ3n) is 2.40. The number of amidine groups is 1. The largest absolute Gasteiger partial charge is 0.423 e. The highest BCUT2D eigenvalue weighted by molar-refractivity contribution is 5.98. The van der Waals surface area contributed by atoms with Gasteiger partial charge in [0.05, 0.1) is 6.61 Å². The maximum absolute atomic E-state index is 12.3. The van der Waals surface area contributed by atoms with Crippen LogP contribution in [0.15, 0.2) is 29.4 Å². The number of nitrogens with two attached hydrogens (primary N) is 1. The number of benzene rings is 1. The van der Waals surface area contributed by atoms with Gasteiger partial charge in [-0.05, 0) is 5.56 Å². The Balaban J connectivity index is 2.97. The molecule has 0 unspecified atom stereocenters. The number of rotatable bonds is 4. The number of oxime groups is 1. The molecule has 0 heterocycles. The smallest absolute Gasteiger partial charge is 0.409 e. The van der Waals surface area contributed by atoms with E-state index >= 15 is 0 Å². The Morgan fingerprint density at radius 3 is 2.14 bits per heavy atom. The molecule has 10 heteroatoms. The zero-order valence-electron chi connectivity index (χ0n) is 10.2. The van der Waals surface area contributed by atoms with Crippen LogP contribution in [0.5, 0.6) is 0 Å². The maximum Gasteiger partial charge on any atom is 0.423 e. The highest BCUT2D eigenvalue weighted by atomic mass is 19.4. The van der Waals surface area contributed by atoms with Crippen molar-refractivity contribution >= 4 is 5.84 Å². The molecule has 0 bridgehead atoms. The van der Waals surface area contributed by atoms with Crippen LogP contribution in [0.4, 0.5) is 26.3 Å².